The number of H-pyrrole nitrogens is 1. The van der Waals surface area contributed by atoms with Crippen LogP contribution in [0.1, 0.15) is 86.8 Å². The van der Waals surface area contributed by atoms with Gasteiger partial charge in [-0.15, -0.1) is 0 Å². The molecule has 0 radical (unpaired) electrons. The molecular weight excluding hydrogens is 615 g/mol. The van der Waals surface area contributed by atoms with E-state index < -0.39 is 6.04 Å². The number of aromatic amines is 1. The molecule has 3 fully saturated rings. The van der Waals surface area contributed by atoms with Gasteiger partial charge in [0, 0.05) is 67.2 Å². The van der Waals surface area contributed by atoms with Gasteiger partial charge < -0.3 is 30.7 Å². The molecule has 4 atom stereocenters. The third kappa shape index (κ3) is 7.47. The fraction of sp³-hybridized carbons (Fsp3) is 0.553. The van der Waals surface area contributed by atoms with Crippen molar-refractivity contribution in [1.82, 2.24) is 30.7 Å². The van der Waals surface area contributed by atoms with E-state index in [4.69, 9.17) is 4.70 Å². The number of urea groups is 1. The van der Waals surface area contributed by atoms with Gasteiger partial charge in [0.25, 0.3) is 0 Å². The first-order valence-corrected chi connectivity index (χ1v) is 18.3. The fourth-order valence-electron chi connectivity index (χ4n) is 8.67. The zero-order valence-electron chi connectivity index (χ0n) is 29.0. The Morgan fingerprint density at radius 1 is 0.939 bits per heavy atom. The van der Waals surface area contributed by atoms with Crippen LogP contribution in [0.5, 0.6) is 0 Å². The topological polar surface area (TPSA) is 127 Å². The summed E-state index contributed by atoms with van der Waals surface area (Å²) in [5, 5.41) is 10.6. The molecule has 260 valence electrons. The minimum absolute atomic E-state index is 0.0447. The molecule has 11 heteroatoms. The van der Waals surface area contributed by atoms with Crippen molar-refractivity contribution >= 4 is 35.9 Å². The number of hydrogen-bond acceptors (Lipinski definition) is 5. The molecule has 4 aliphatic rings. The van der Waals surface area contributed by atoms with Crippen LogP contribution in [0.15, 0.2) is 54.7 Å². The van der Waals surface area contributed by atoms with Gasteiger partial charge in [-0.2, -0.15) is 0 Å². The predicted octanol–water partition coefficient (Wildman–Crippen LogP) is 4.84. The third-order valence-corrected chi connectivity index (χ3v) is 11.3. The van der Waals surface area contributed by atoms with Gasteiger partial charge in [-0.3, -0.25) is 9.59 Å². The molecule has 0 bridgehead atoms. The number of hydrogen-bond donors (Lipinski definition) is 4. The van der Waals surface area contributed by atoms with Gasteiger partial charge >= 0.3 is 24.7 Å². The Morgan fingerprint density at radius 3 is 2.39 bits per heavy atom. The van der Waals surface area contributed by atoms with Crippen LogP contribution in [0.2, 0.25) is 6.82 Å². The number of carbonyl (C=O) groups is 3. The molecule has 2 aromatic carbocycles. The van der Waals surface area contributed by atoms with E-state index in [1.165, 1.54) is 24.4 Å². The number of amides is 4. The summed E-state index contributed by atoms with van der Waals surface area (Å²) in [4.78, 5) is 48.9. The van der Waals surface area contributed by atoms with E-state index in [1.807, 2.05) is 36.2 Å². The summed E-state index contributed by atoms with van der Waals surface area (Å²) in [6.45, 7) is 8.11. The van der Waals surface area contributed by atoms with E-state index in [0.29, 0.717) is 13.1 Å². The van der Waals surface area contributed by atoms with Crippen molar-refractivity contribution in [3.05, 3.63) is 71.4 Å². The predicted molar refractivity (Wildman–Crippen MR) is 192 cm³/mol. The Morgan fingerprint density at radius 2 is 1.65 bits per heavy atom. The molecule has 10 nitrogen and oxygen atoms in total. The van der Waals surface area contributed by atoms with E-state index in [2.05, 4.69) is 56.2 Å². The Bertz CT molecular complexity index is 1620. The molecule has 1 spiro atoms. The van der Waals surface area contributed by atoms with Gasteiger partial charge in [0.1, 0.15) is 6.04 Å². The van der Waals surface area contributed by atoms with Crippen molar-refractivity contribution in [3.63, 3.8) is 0 Å². The maximum absolute atomic E-state index is 14.4. The Kier molecular flexibility index (Phi) is 11.2. The van der Waals surface area contributed by atoms with Crippen molar-refractivity contribution in [2.75, 3.05) is 39.3 Å². The molecule has 4 heterocycles. The number of fused-ring (bicyclic) bond motifs is 3. The van der Waals surface area contributed by atoms with E-state index >= 15 is 0 Å². The van der Waals surface area contributed by atoms with Crippen LogP contribution >= 0.6 is 0 Å². The molecule has 49 heavy (non-hydrogen) atoms. The first-order valence-electron chi connectivity index (χ1n) is 18.3. The van der Waals surface area contributed by atoms with Crippen LogP contribution in [0.3, 0.4) is 0 Å². The number of rotatable bonds is 6. The van der Waals surface area contributed by atoms with Crippen molar-refractivity contribution < 1.29 is 19.1 Å². The first kappa shape index (κ1) is 34.9. The van der Waals surface area contributed by atoms with Crippen molar-refractivity contribution in [2.24, 2.45) is 0 Å². The van der Waals surface area contributed by atoms with Crippen molar-refractivity contribution in [3.8, 4) is 0 Å². The average Bonchev–Trinajstić information content (AvgIpc) is 3.71. The normalized spacial score (nSPS) is 22.7. The van der Waals surface area contributed by atoms with E-state index in [1.54, 1.807) is 0 Å². The number of benzene rings is 2. The number of aromatic nitrogens is 1. The maximum Gasteiger partial charge on any atom is 0.315 e. The number of likely N-dealkylation sites (tertiary alicyclic amines) is 2. The Balaban J connectivity index is 0.00000134. The van der Waals surface area contributed by atoms with Gasteiger partial charge in [-0.1, -0.05) is 49.4 Å². The van der Waals surface area contributed by atoms with Crippen molar-refractivity contribution in [2.45, 2.75) is 94.4 Å². The van der Waals surface area contributed by atoms with Crippen LogP contribution in [0, 0.1) is 0 Å². The number of piperidine rings is 3. The second-order valence-electron chi connectivity index (χ2n) is 14.3. The van der Waals surface area contributed by atoms with Crippen LogP contribution in [-0.4, -0.2) is 91.1 Å². The molecular formula is C38H51BN6O4. The number of nitrogens with zero attached hydrogens (tertiary/aromatic N) is 2. The summed E-state index contributed by atoms with van der Waals surface area (Å²) in [6, 6.07) is 15.7. The second kappa shape index (κ2) is 15.7. The van der Waals surface area contributed by atoms with E-state index in [9.17, 15) is 14.4 Å². The van der Waals surface area contributed by atoms with E-state index in [0.717, 1.165) is 94.7 Å². The third-order valence-electron chi connectivity index (χ3n) is 11.3. The van der Waals surface area contributed by atoms with Gasteiger partial charge in [0.15, 0.2) is 0 Å². The van der Waals surface area contributed by atoms with Gasteiger partial charge in [-0.25, -0.2) is 4.79 Å². The Hall–Kier alpha value is -3.99. The Labute approximate surface area is 290 Å². The van der Waals surface area contributed by atoms with Crippen LogP contribution in [0.4, 0.5) is 4.79 Å². The smallest absolute Gasteiger partial charge is 0.315 e. The molecule has 1 aliphatic carbocycles. The SMILES string of the molecule is CB=O.C[C@H](c1c[nH]c2ccccc12)C(NC(=O)NC1CCCNC1)C(=O)N1CCC2(CC1)C[C@@H](C(=O)N1CCCCC1)c1ccccc12. The van der Waals surface area contributed by atoms with Gasteiger partial charge in [0.05, 0.1) is 5.92 Å². The molecule has 0 saturated carbocycles. The standard InChI is InChI=1S/C37H48N6O3.CH3BO/c1-25(30-24-39-32-14-6-4-12-28(30)32)33(41-36(46)40-26-10-9-17-38-23-26)35(45)43-20-15-37(16-21-43)22-29(27-11-3-5-13-31(27)37)34(44)42-18-7-2-8-19-42;1-2-3/h3-6,11-14,24-26,29,33,38-39H,2,7-10,15-23H2,1H3,(H2,40,41,46);1H3/t25-,26?,29-,33?;/m1./s1. The molecule has 4 amide bonds. The van der Waals surface area contributed by atoms with Crippen molar-refractivity contribution in [1.29, 1.82) is 0 Å². The maximum atomic E-state index is 14.4. The monoisotopic (exact) mass is 666 g/mol. The second-order valence-corrected chi connectivity index (χ2v) is 14.3. The minimum atomic E-state index is -0.714. The summed E-state index contributed by atoms with van der Waals surface area (Å²) in [6.07, 6.45) is 9.73. The van der Waals surface area contributed by atoms with Crippen LogP contribution in [0.25, 0.3) is 10.9 Å². The minimum Gasteiger partial charge on any atom is -0.361 e. The van der Waals surface area contributed by atoms with E-state index in [-0.39, 0.29) is 41.1 Å². The molecule has 3 saturated heterocycles. The largest absolute Gasteiger partial charge is 0.361 e. The first-order chi connectivity index (χ1) is 23.8. The van der Waals surface area contributed by atoms with Gasteiger partial charge in [0.2, 0.25) is 11.8 Å². The summed E-state index contributed by atoms with van der Waals surface area (Å²) in [5.41, 5.74) is 4.40. The zero-order chi connectivity index (χ0) is 34.4. The average molecular weight is 667 g/mol. The summed E-state index contributed by atoms with van der Waals surface area (Å²) < 4.78 is 8.81. The van der Waals surface area contributed by atoms with Gasteiger partial charge in [-0.05, 0) is 80.7 Å². The fourth-order valence-corrected chi connectivity index (χ4v) is 8.67. The number of carbonyl (C=O) groups excluding carboxylic acids is 3. The summed E-state index contributed by atoms with van der Waals surface area (Å²) in [7, 11) is 0.750. The summed E-state index contributed by atoms with van der Waals surface area (Å²) in [5.74, 6) is -0.116. The zero-order valence-corrected chi connectivity index (χ0v) is 29.0. The molecule has 4 N–H and O–H groups in total. The molecule has 7 rings (SSSR count). The molecule has 1 aromatic heterocycles. The quantitative estimate of drug-likeness (QED) is 0.281. The number of nitrogens with one attached hydrogen (secondary N) is 4. The summed E-state index contributed by atoms with van der Waals surface area (Å²) >= 11 is 0. The molecule has 2 unspecified atom stereocenters. The van der Waals surface area contributed by atoms with Crippen LogP contribution in [-0.2, 0) is 19.7 Å². The molecule has 3 aromatic rings. The molecule has 3 aliphatic heterocycles. The van der Waals surface area contributed by atoms with Crippen LogP contribution < -0.4 is 16.0 Å². The number of para-hydroxylation sites is 1.